The fourth-order valence-corrected chi connectivity index (χ4v) is 2.00. The Morgan fingerprint density at radius 2 is 2.05 bits per heavy atom. The molecule has 0 fully saturated rings. The smallest absolute Gasteiger partial charge is 0.130 e. The Morgan fingerprint density at radius 1 is 1.26 bits per heavy atom. The van der Waals surface area contributed by atoms with Crippen LogP contribution in [0, 0.1) is 5.82 Å². The molecule has 0 atom stereocenters. The summed E-state index contributed by atoms with van der Waals surface area (Å²) >= 11 is 8.10. The van der Waals surface area contributed by atoms with Gasteiger partial charge in [0.1, 0.15) is 23.2 Å². The van der Waals surface area contributed by atoms with E-state index < -0.39 is 0 Å². The van der Waals surface area contributed by atoms with Crippen molar-refractivity contribution in [3.63, 3.8) is 0 Å². The molecule has 0 aliphatic heterocycles. The highest BCUT2D eigenvalue weighted by molar-refractivity contribution is 9.10. The molecule has 2 aromatic carbocycles. The summed E-state index contributed by atoms with van der Waals surface area (Å²) in [5, 5.41) is 0. The summed E-state index contributed by atoms with van der Waals surface area (Å²) in [5.41, 5.74) is 6.76. The summed E-state index contributed by atoms with van der Waals surface area (Å²) in [7, 11) is 0. The lowest BCUT2D eigenvalue weighted by molar-refractivity contribution is 0.300. The van der Waals surface area contributed by atoms with Gasteiger partial charge in [0, 0.05) is 15.6 Å². The molecule has 0 spiro atoms. The number of hydrogen-bond donors (Lipinski definition) is 1. The zero-order valence-corrected chi connectivity index (χ0v) is 12.3. The Morgan fingerprint density at radius 3 is 2.74 bits per heavy atom. The highest BCUT2D eigenvalue weighted by atomic mass is 79.9. The monoisotopic (exact) mass is 339 g/mol. The summed E-state index contributed by atoms with van der Waals surface area (Å²) < 4.78 is 19.8. The van der Waals surface area contributed by atoms with E-state index in [-0.39, 0.29) is 12.4 Å². The Balaban J connectivity index is 2.10. The maximum atomic E-state index is 13.6. The van der Waals surface area contributed by atoms with Gasteiger partial charge >= 0.3 is 0 Å². The van der Waals surface area contributed by atoms with Crippen molar-refractivity contribution in [2.75, 3.05) is 0 Å². The molecule has 0 aromatic heterocycles. The van der Waals surface area contributed by atoms with Crippen LogP contribution in [0.4, 0.5) is 4.39 Å². The first-order chi connectivity index (χ1) is 9.06. The van der Waals surface area contributed by atoms with Gasteiger partial charge in [0.25, 0.3) is 0 Å². The van der Waals surface area contributed by atoms with Crippen molar-refractivity contribution in [3.05, 3.63) is 63.9 Å². The molecule has 0 heterocycles. The topological polar surface area (TPSA) is 35.2 Å². The lowest BCUT2D eigenvalue weighted by Crippen LogP contribution is -2.09. The highest BCUT2D eigenvalue weighted by Gasteiger charge is 2.04. The van der Waals surface area contributed by atoms with Crippen LogP contribution in [0.1, 0.15) is 11.1 Å². The maximum Gasteiger partial charge on any atom is 0.130 e. The fraction of sp³-hybridized carbons (Fsp3) is 0.0714. The van der Waals surface area contributed by atoms with E-state index in [1.54, 1.807) is 36.4 Å². The molecule has 0 aliphatic carbocycles. The van der Waals surface area contributed by atoms with Gasteiger partial charge in [-0.05, 0) is 24.3 Å². The standard InChI is InChI=1S/C14H11BrFNOS/c15-11-5-4-10(13(16)7-11)8-18-12-3-1-2-9(6-12)14(17)19/h1-7H,8H2,(H2,17,19). The second kappa shape index (κ2) is 6.12. The average Bonchev–Trinajstić information content (AvgIpc) is 2.38. The molecule has 0 unspecified atom stereocenters. The van der Waals surface area contributed by atoms with Gasteiger partial charge in [0.2, 0.25) is 0 Å². The summed E-state index contributed by atoms with van der Waals surface area (Å²) in [5.74, 6) is 0.299. The Bertz CT molecular complexity index is 618. The molecule has 2 N–H and O–H groups in total. The molecule has 98 valence electrons. The number of nitrogens with two attached hydrogens (primary N) is 1. The van der Waals surface area contributed by atoms with E-state index in [1.807, 2.05) is 0 Å². The fourth-order valence-electron chi connectivity index (χ4n) is 1.54. The van der Waals surface area contributed by atoms with E-state index in [1.165, 1.54) is 6.07 Å². The van der Waals surface area contributed by atoms with Gasteiger partial charge in [-0.15, -0.1) is 0 Å². The summed E-state index contributed by atoms with van der Waals surface area (Å²) in [6.07, 6.45) is 0. The molecular weight excluding hydrogens is 329 g/mol. The van der Waals surface area contributed by atoms with Crippen LogP contribution in [-0.2, 0) is 6.61 Å². The average molecular weight is 340 g/mol. The first-order valence-electron chi connectivity index (χ1n) is 5.53. The minimum atomic E-state index is -0.306. The largest absolute Gasteiger partial charge is 0.489 e. The van der Waals surface area contributed by atoms with Gasteiger partial charge in [-0.3, -0.25) is 0 Å². The Hall–Kier alpha value is -1.46. The number of hydrogen-bond acceptors (Lipinski definition) is 2. The predicted molar refractivity (Wildman–Crippen MR) is 80.8 cm³/mol. The number of rotatable bonds is 4. The van der Waals surface area contributed by atoms with Gasteiger partial charge in [0.15, 0.2) is 0 Å². The van der Waals surface area contributed by atoms with Crippen molar-refractivity contribution < 1.29 is 9.13 Å². The second-order valence-corrected chi connectivity index (χ2v) is 5.27. The van der Waals surface area contributed by atoms with E-state index in [2.05, 4.69) is 15.9 Å². The van der Waals surface area contributed by atoms with Gasteiger partial charge in [-0.1, -0.05) is 46.3 Å². The third-order valence-electron chi connectivity index (χ3n) is 2.53. The number of benzene rings is 2. The second-order valence-electron chi connectivity index (χ2n) is 3.92. The molecule has 19 heavy (non-hydrogen) atoms. The van der Waals surface area contributed by atoms with Crippen LogP contribution >= 0.6 is 28.1 Å². The third kappa shape index (κ3) is 3.75. The number of halogens is 2. The third-order valence-corrected chi connectivity index (χ3v) is 3.26. The summed E-state index contributed by atoms with van der Waals surface area (Å²) in [6, 6.07) is 12.0. The lowest BCUT2D eigenvalue weighted by atomic mass is 10.2. The van der Waals surface area contributed by atoms with E-state index in [9.17, 15) is 4.39 Å². The quantitative estimate of drug-likeness (QED) is 0.860. The van der Waals surface area contributed by atoms with Crippen molar-refractivity contribution >= 4 is 33.1 Å². The lowest BCUT2D eigenvalue weighted by Gasteiger charge is -2.08. The van der Waals surface area contributed by atoms with Crippen LogP contribution in [0.15, 0.2) is 46.9 Å². The van der Waals surface area contributed by atoms with Crippen molar-refractivity contribution in [1.82, 2.24) is 0 Å². The van der Waals surface area contributed by atoms with Gasteiger partial charge < -0.3 is 10.5 Å². The van der Waals surface area contributed by atoms with Crippen LogP contribution in [0.3, 0.4) is 0 Å². The molecule has 5 heteroatoms. The van der Waals surface area contributed by atoms with E-state index in [0.717, 1.165) is 5.56 Å². The van der Waals surface area contributed by atoms with E-state index in [0.29, 0.717) is 20.8 Å². The normalized spacial score (nSPS) is 10.2. The van der Waals surface area contributed by atoms with Crippen LogP contribution in [0.5, 0.6) is 5.75 Å². The minimum absolute atomic E-state index is 0.153. The number of thiocarbonyl (C=S) groups is 1. The van der Waals surface area contributed by atoms with Crippen molar-refractivity contribution in [2.45, 2.75) is 6.61 Å². The summed E-state index contributed by atoms with van der Waals surface area (Å²) in [4.78, 5) is 0.306. The Labute approximate surface area is 124 Å². The van der Waals surface area contributed by atoms with Crippen LogP contribution in [-0.4, -0.2) is 4.99 Å². The molecule has 0 aliphatic rings. The SMILES string of the molecule is NC(=S)c1cccc(OCc2ccc(Br)cc2F)c1. The first kappa shape index (κ1) is 14.0. The minimum Gasteiger partial charge on any atom is -0.489 e. The molecule has 0 amide bonds. The molecule has 2 rings (SSSR count). The molecular formula is C14H11BrFNOS. The molecule has 0 saturated carbocycles. The maximum absolute atomic E-state index is 13.6. The van der Waals surface area contributed by atoms with Gasteiger partial charge in [-0.2, -0.15) is 0 Å². The van der Waals surface area contributed by atoms with Crippen LogP contribution in [0.25, 0.3) is 0 Å². The zero-order chi connectivity index (χ0) is 13.8. The van der Waals surface area contributed by atoms with Crippen molar-refractivity contribution in [3.8, 4) is 5.75 Å². The van der Waals surface area contributed by atoms with Gasteiger partial charge in [0.05, 0.1) is 0 Å². The van der Waals surface area contributed by atoms with E-state index >= 15 is 0 Å². The molecule has 0 bridgehead atoms. The van der Waals surface area contributed by atoms with Crippen molar-refractivity contribution in [2.24, 2.45) is 5.73 Å². The molecule has 2 aromatic rings. The summed E-state index contributed by atoms with van der Waals surface area (Å²) in [6.45, 7) is 0.153. The Kier molecular flexibility index (Phi) is 4.50. The molecule has 0 saturated heterocycles. The first-order valence-corrected chi connectivity index (χ1v) is 6.73. The van der Waals surface area contributed by atoms with Gasteiger partial charge in [-0.25, -0.2) is 4.39 Å². The molecule has 2 nitrogen and oxygen atoms in total. The highest BCUT2D eigenvalue weighted by Crippen LogP contribution is 2.19. The molecule has 0 radical (unpaired) electrons. The number of ether oxygens (including phenoxy) is 1. The van der Waals surface area contributed by atoms with Crippen LogP contribution < -0.4 is 10.5 Å². The predicted octanol–water partition coefficient (Wildman–Crippen LogP) is 3.80. The van der Waals surface area contributed by atoms with Crippen LogP contribution in [0.2, 0.25) is 0 Å². The van der Waals surface area contributed by atoms with Crippen molar-refractivity contribution in [1.29, 1.82) is 0 Å². The zero-order valence-electron chi connectivity index (χ0n) is 9.90. The van der Waals surface area contributed by atoms with E-state index in [4.69, 9.17) is 22.7 Å².